The van der Waals surface area contributed by atoms with Crippen molar-refractivity contribution in [1.29, 1.82) is 0 Å². The number of morpholine rings is 1. The summed E-state index contributed by atoms with van der Waals surface area (Å²) in [5.74, 6) is -0.192. The van der Waals surface area contributed by atoms with E-state index in [1.54, 1.807) is 0 Å². The fourth-order valence-corrected chi connectivity index (χ4v) is 1.47. The summed E-state index contributed by atoms with van der Waals surface area (Å²) in [5, 5.41) is 3.20. The standard InChI is InChI=1S/C11H21NO4/c1-2-4-14-6-7-16-11(13)8-10-9-15-5-3-12-10/h10,12H,2-9H2,1H3. The fraction of sp³-hybridized carbons (Fsp3) is 0.909. The molecule has 0 aromatic rings. The second-order valence-corrected chi connectivity index (χ2v) is 3.76. The predicted octanol–water partition coefficient (Wildman–Crippen LogP) is 0.335. The number of hydrogen-bond acceptors (Lipinski definition) is 5. The van der Waals surface area contributed by atoms with Crippen LogP contribution in [0.3, 0.4) is 0 Å². The van der Waals surface area contributed by atoms with Gasteiger partial charge in [-0.15, -0.1) is 0 Å². The highest BCUT2D eigenvalue weighted by Gasteiger charge is 2.17. The van der Waals surface area contributed by atoms with Crippen molar-refractivity contribution in [3.63, 3.8) is 0 Å². The lowest BCUT2D eigenvalue weighted by Crippen LogP contribution is -2.42. The zero-order valence-corrected chi connectivity index (χ0v) is 9.87. The molecule has 0 radical (unpaired) electrons. The Morgan fingerprint density at radius 2 is 2.31 bits per heavy atom. The van der Waals surface area contributed by atoms with Crippen LogP contribution in [0.25, 0.3) is 0 Å². The molecule has 0 aromatic heterocycles. The summed E-state index contributed by atoms with van der Waals surface area (Å²) in [7, 11) is 0. The largest absolute Gasteiger partial charge is 0.463 e. The smallest absolute Gasteiger partial charge is 0.307 e. The maximum Gasteiger partial charge on any atom is 0.307 e. The van der Waals surface area contributed by atoms with Crippen molar-refractivity contribution >= 4 is 5.97 Å². The second-order valence-electron chi connectivity index (χ2n) is 3.76. The third kappa shape index (κ3) is 6.05. The molecule has 16 heavy (non-hydrogen) atoms. The van der Waals surface area contributed by atoms with Crippen LogP contribution in [-0.2, 0) is 19.0 Å². The van der Waals surface area contributed by atoms with Crippen LogP contribution in [0.5, 0.6) is 0 Å². The number of carbonyl (C=O) groups excluding carboxylic acids is 1. The van der Waals surface area contributed by atoms with Crippen LogP contribution in [0.4, 0.5) is 0 Å². The van der Waals surface area contributed by atoms with Gasteiger partial charge < -0.3 is 19.5 Å². The first-order valence-corrected chi connectivity index (χ1v) is 5.87. The van der Waals surface area contributed by atoms with E-state index in [2.05, 4.69) is 5.32 Å². The molecular weight excluding hydrogens is 210 g/mol. The predicted molar refractivity (Wildman–Crippen MR) is 59.3 cm³/mol. The zero-order valence-electron chi connectivity index (χ0n) is 9.87. The van der Waals surface area contributed by atoms with Gasteiger partial charge in [0.2, 0.25) is 0 Å². The Kier molecular flexibility index (Phi) is 7.12. The van der Waals surface area contributed by atoms with E-state index in [9.17, 15) is 4.79 Å². The van der Waals surface area contributed by atoms with E-state index in [4.69, 9.17) is 14.2 Å². The van der Waals surface area contributed by atoms with E-state index in [1.165, 1.54) is 0 Å². The van der Waals surface area contributed by atoms with Gasteiger partial charge >= 0.3 is 5.97 Å². The number of hydrogen-bond donors (Lipinski definition) is 1. The SMILES string of the molecule is CCCOCCOC(=O)CC1COCCN1. The normalized spacial score (nSPS) is 20.7. The third-order valence-corrected chi connectivity index (χ3v) is 2.25. The van der Waals surface area contributed by atoms with Crippen molar-refractivity contribution in [3.8, 4) is 0 Å². The van der Waals surface area contributed by atoms with Gasteiger partial charge in [0.1, 0.15) is 6.61 Å². The van der Waals surface area contributed by atoms with Crippen molar-refractivity contribution in [2.24, 2.45) is 0 Å². The number of esters is 1. The first kappa shape index (κ1) is 13.4. The minimum atomic E-state index is -0.192. The monoisotopic (exact) mass is 231 g/mol. The van der Waals surface area contributed by atoms with Crippen LogP contribution in [0.2, 0.25) is 0 Å². The Morgan fingerprint density at radius 3 is 3.00 bits per heavy atom. The molecule has 1 N–H and O–H groups in total. The molecule has 0 spiro atoms. The molecule has 5 heteroatoms. The quantitative estimate of drug-likeness (QED) is 0.505. The van der Waals surface area contributed by atoms with Crippen molar-refractivity contribution in [1.82, 2.24) is 5.32 Å². The van der Waals surface area contributed by atoms with Gasteiger partial charge in [0.15, 0.2) is 0 Å². The summed E-state index contributed by atoms with van der Waals surface area (Å²) in [6.45, 7) is 5.69. The van der Waals surface area contributed by atoms with Crippen molar-refractivity contribution in [3.05, 3.63) is 0 Å². The minimum Gasteiger partial charge on any atom is -0.463 e. The second kappa shape index (κ2) is 8.50. The van der Waals surface area contributed by atoms with E-state index in [1.807, 2.05) is 6.92 Å². The molecule has 1 fully saturated rings. The average molecular weight is 231 g/mol. The van der Waals surface area contributed by atoms with Crippen LogP contribution in [0.1, 0.15) is 19.8 Å². The van der Waals surface area contributed by atoms with E-state index < -0.39 is 0 Å². The molecule has 0 aliphatic carbocycles. The van der Waals surface area contributed by atoms with Gasteiger partial charge in [0.25, 0.3) is 0 Å². The zero-order chi connectivity index (χ0) is 11.6. The molecular formula is C11H21NO4. The first-order chi connectivity index (χ1) is 7.83. The molecule has 1 aliphatic rings. The van der Waals surface area contributed by atoms with E-state index in [0.717, 1.165) is 26.2 Å². The lowest BCUT2D eigenvalue weighted by Gasteiger charge is -2.22. The molecule has 0 saturated carbocycles. The lowest BCUT2D eigenvalue weighted by molar-refractivity contribution is -0.146. The molecule has 94 valence electrons. The Balaban J connectivity index is 1.97. The van der Waals surface area contributed by atoms with Crippen molar-refractivity contribution in [2.75, 3.05) is 39.6 Å². The van der Waals surface area contributed by atoms with Gasteiger partial charge in [-0.2, -0.15) is 0 Å². The summed E-state index contributed by atoms with van der Waals surface area (Å²) in [5.41, 5.74) is 0. The molecule has 0 aromatic carbocycles. The molecule has 1 unspecified atom stereocenters. The van der Waals surface area contributed by atoms with Crippen LogP contribution < -0.4 is 5.32 Å². The van der Waals surface area contributed by atoms with E-state index >= 15 is 0 Å². The van der Waals surface area contributed by atoms with Gasteiger partial charge in [-0.05, 0) is 6.42 Å². The van der Waals surface area contributed by atoms with E-state index in [-0.39, 0.29) is 12.0 Å². The molecule has 1 rings (SSSR count). The number of rotatable bonds is 7. The summed E-state index contributed by atoms with van der Waals surface area (Å²) in [4.78, 5) is 11.4. The molecule has 1 atom stereocenters. The molecule has 1 heterocycles. The Bertz CT molecular complexity index is 192. The van der Waals surface area contributed by atoms with Crippen LogP contribution in [0, 0.1) is 0 Å². The highest BCUT2D eigenvalue weighted by Crippen LogP contribution is 2.00. The van der Waals surface area contributed by atoms with Crippen LogP contribution in [0.15, 0.2) is 0 Å². The summed E-state index contributed by atoms with van der Waals surface area (Å²) < 4.78 is 15.5. The lowest BCUT2D eigenvalue weighted by atomic mass is 10.2. The molecule has 5 nitrogen and oxygen atoms in total. The summed E-state index contributed by atoms with van der Waals surface area (Å²) >= 11 is 0. The minimum absolute atomic E-state index is 0.0952. The Morgan fingerprint density at radius 1 is 1.44 bits per heavy atom. The molecule has 1 aliphatic heterocycles. The number of carbonyl (C=O) groups is 1. The number of ether oxygens (including phenoxy) is 3. The highest BCUT2D eigenvalue weighted by atomic mass is 16.6. The van der Waals surface area contributed by atoms with Gasteiger partial charge in [-0.25, -0.2) is 0 Å². The number of nitrogens with one attached hydrogen (secondary N) is 1. The maximum atomic E-state index is 11.4. The molecule has 0 amide bonds. The van der Waals surface area contributed by atoms with Crippen molar-refractivity contribution in [2.45, 2.75) is 25.8 Å². The van der Waals surface area contributed by atoms with E-state index in [0.29, 0.717) is 26.2 Å². The topological polar surface area (TPSA) is 56.8 Å². The Labute approximate surface area is 96.4 Å². The molecule has 1 saturated heterocycles. The summed E-state index contributed by atoms with van der Waals surface area (Å²) in [6, 6.07) is 0.0952. The van der Waals surface area contributed by atoms with Crippen LogP contribution >= 0.6 is 0 Å². The highest BCUT2D eigenvalue weighted by molar-refractivity contribution is 5.70. The van der Waals surface area contributed by atoms with Gasteiger partial charge in [0, 0.05) is 19.2 Å². The van der Waals surface area contributed by atoms with Gasteiger partial charge in [-0.1, -0.05) is 6.92 Å². The third-order valence-electron chi connectivity index (χ3n) is 2.25. The Hall–Kier alpha value is -0.650. The van der Waals surface area contributed by atoms with Gasteiger partial charge in [-0.3, -0.25) is 4.79 Å². The maximum absolute atomic E-state index is 11.4. The van der Waals surface area contributed by atoms with Crippen LogP contribution in [-0.4, -0.2) is 51.6 Å². The van der Waals surface area contributed by atoms with Gasteiger partial charge in [0.05, 0.1) is 26.2 Å². The average Bonchev–Trinajstić information content (AvgIpc) is 2.30. The summed E-state index contributed by atoms with van der Waals surface area (Å²) in [6.07, 6.45) is 1.35. The fourth-order valence-electron chi connectivity index (χ4n) is 1.47. The van der Waals surface area contributed by atoms with Crippen molar-refractivity contribution < 1.29 is 19.0 Å². The first-order valence-electron chi connectivity index (χ1n) is 5.87. The molecule has 0 bridgehead atoms.